The molecule has 3 amide bonds. The molecule has 0 radical (unpaired) electrons. The van der Waals surface area contributed by atoms with E-state index in [-0.39, 0.29) is 0 Å². The van der Waals surface area contributed by atoms with Crippen LogP contribution < -0.4 is 5.32 Å². The monoisotopic (exact) mass is 406 g/mol. The summed E-state index contributed by atoms with van der Waals surface area (Å²) < 4.78 is 0.777. The first-order valence-corrected chi connectivity index (χ1v) is 8.30. The van der Waals surface area contributed by atoms with Crippen molar-refractivity contribution in [2.75, 3.05) is 5.32 Å². The van der Waals surface area contributed by atoms with E-state index in [2.05, 4.69) is 21.2 Å². The summed E-state index contributed by atoms with van der Waals surface area (Å²) in [6.07, 6.45) is 0. The Kier molecular flexibility index (Phi) is 4.43. The van der Waals surface area contributed by atoms with Gasteiger partial charge in [-0.1, -0.05) is 39.7 Å². The Balaban J connectivity index is 1.82. The largest absolute Gasteiger partial charge is 0.323 e. The molecule has 122 valence electrons. The Labute approximate surface area is 151 Å². The molecule has 1 N–H and O–H groups in total. The fourth-order valence-electron chi connectivity index (χ4n) is 2.50. The maximum absolute atomic E-state index is 12.5. The van der Waals surface area contributed by atoms with Crippen LogP contribution in [0.25, 0.3) is 0 Å². The lowest BCUT2D eigenvalue weighted by molar-refractivity contribution is -0.119. The lowest BCUT2D eigenvalue weighted by Gasteiger charge is -2.22. The third-order valence-corrected chi connectivity index (χ3v) is 4.59. The first-order valence-electron chi connectivity index (χ1n) is 7.13. The summed E-state index contributed by atoms with van der Waals surface area (Å²) in [6, 6.07) is 10.6. The summed E-state index contributed by atoms with van der Waals surface area (Å²) in [7, 11) is 0. The number of anilines is 1. The maximum atomic E-state index is 12.5. The van der Waals surface area contributed by atoms with E-state index in [0.717, 1.165) is 9.37 Å². The van der Waals surface area contributed by atoms with Crippen molar-refractivity contribution in [1.29, 1.82) is 0 Å². The highest BCUT2D eigenvalue weighted by molar-refractivity contribution is 9.10. The quantitative estimate of drug-likeness (QED) is 0.789. The molecule has 2 aromatic carbocycles. The standard InChI is InChI=1S/C17H12BrClN2O3/c1-9(15(22)20-14-7-6-10(18)8-13(14)19)21-16(23)11-4-2-3-5-12(11)17(21)24/h2-9H,1H3,(H,20,22)/t9-/m0/s1. The van der Waals surface area contributed by atoms with Gasteiger partial charge >= 0.3 is 0 Å². The number of nitrogens with zero attached hydrogens (tertiary/aromatic N) is 1. The summed E-state index contributed by atoms with van der Waals surface area (Å²) >= 11 is 9.36. The molecular formula is C17H12BrClN2O3. The van der Waals surface area contributed by atoms with Gasteiger partial charge in [-0.3, -0.25) is 19.3 Å². The molecule has 7 heteroatoms. The van der Waals surface area contributed by atoms with Gasteiger partial charge < -0.3 is 5.32 Å². The van der Waals surface area contributed by atoms with Crippen LogP contribution in [0.1, 0.15) is 27.6 Å². The first-order chi connectivity index (χ1) is 11.4. The number of carbonyl (C=O) groups excluding carboxylic acids is 3. The van der Waals surface area contributed by atoms with Crippen molar-refractivity contribution in [3.8, 4) is 0 Å². The average Bonchev–Trinajstić information content (AvgIpc) is 2.81. The van der Waals surface area contributed by atoms with E-state index in [1.807, 2.05) is 0 Å². The van der Waals surface area contributed by atoms with Crippen molar-refractivity contribution >= 4 is 50.9 Å². The lowest BCUT2D eigenvalue weighted by atomic mass is 10.1. The molecule has 0 spiro atoms. The summed E-state index contributed by atoms with van der Waals surface area (Å²) in [5, 5.41) is 3.00. The van der Waals surface area contributed by atoms with Crippen LogP contribution >= 0.6 is 27.5 Å². The van der Waals surface area contributed by atoms with Gasteiger partial charge in [0.05, 0.1) is 21.8 Å². The van der Waals surface area contributed by atoms with Crippen molar-refractivity contribution in [3.05, 3.63) is 63.1 Å². The van der Waals surface area contributed by atoms with Crippen LogP contribution in [0.15, 0.2) is 46.9 Å². The summed E-state index contributed by atoms with van der Waals surface area (Å²) in [5.74, 6) is -1.44. The van der Waals surface area contributed by atoms with E-state index >= 15 is 0 Å². The predicted octanol–water partition coefficient (Wildman–Crippen LogP) is 3.73. The number of benzene rings is 2. The number of halogens is 2. The molecule has 0 aromatic heterocycles. The van der Waals surface area contributed by atoms with Gasteiger partial charge in [-0.15, -0.1) is 0 Å². The highest BCUT2D eigenvalue weighted by atomic mass is 79.9. The molecule has 0 aliphatic carbocycles. The van der Waals surface area contributed by atoms with Crippen LogP contribution in [-0.2, 0) is 4.79 Å². The number of imide groups is 1. The smallest absolute Gasteiger partial charge is 0.262 e. The Morgan fingerprint density at radius 2 is 1.71 bits per heavy atom. The van der Waals surface area contributed by atoms with Gasteiger partial charge in [0.2, 0.25) is 5.91 Å². The maximum Gasteiger partial charge on any atom is 0.262 e. The van der Waals surface area contributed by atoms with Crippen molar-refractivity contribution in [1.82, 2.24) is 4.90 Å². The Bertz CT molecular complexity index is 834. The second kappa shape index (κ2) is 6.37. The number of rotatable bonds is 3. The van der Waals surface area contributed by atoms with Crippen LogP contribution in [0, 0.1) is 0 Å². The van der Waals surface area contributed by atoms with Crippen LogP contribution in [0.3, 0.4) is 0 Å². The first kappa shape index (κ1) is 16.7. The summed E-state index contributed by atoms with van der Waals surface area (Å²) in [5.41, 5.74) is 1.03. The topological polar surface area (TPSA) is 66.5 Å². The minimum Gasteiger partial charge on any atom is -0.323 e. The fourth-order valence-corrected chi connectivity index (χ4v) is 3.23. The zero-order chi connectivity index (χ0) is 17.4. The van der Waals surface area contributed by atoms with Crippen LogP contribution in [0.5, 0.6) is 0 Å². The molecule has 0 bridgehead atoms. The van der Waals surface area contributed by atoms with Gasteiger partial charge in [-0.05, 0) is 37.3 Å². The zero-order valence-electron chi connectivity index (χ0n) is 12.5. The number of carbonyl (C=O) groups is 3. The van der Waals surface area contributed by atoms with E-state index < -0.39 is 23.8 Å². The number of amides is 3. The van der Waals surface area contributed by atoms with E-state index in [9.17, 15) is 14.4 Å². The van der Waals surface area contributed by atoms with Gasteiger partial charge in [-0.25, -0.2) is 0 Å². The highest BCUT2D eigenvalue weighted by Gasteiger charge is 2.40. The second-order valence-electron chi connectivity index (χ2n) is 5.32. The van der Waals surface area contributed by atoms with Crippen molar-refractivity contribution in [3.63, 3.8) is 0 Å². The molecule has 1 aliphatic heterocycles. The zero-order valence-corrected chi connectivity index (χ0v) is 14.9. The van der Waals surface area contributed by atoms with Crippen molar-refractivity contribution in [2.45, 2.75) is 13.0 Å². The molecule has 24 heavy (non-hydrogen) atoms. The molecule has 0 saturated heterocycles. The van der Waals surface area contributed by atoms with E-state index in [1.165, 1.54) is 6.92 Å². The summed E-state index contributed by atoms with van der Waals surface area (Å²) in [6.45, 7) is 1.50. The average molecular weight is 408 g/mol. The SMILES string of the molecule is C[C@@H](C(=O)Nc1ccc(Br)cc1Cl)N1C(=O)c2ccccc2C1=O. The van der Waals surface area contributed by atoms with E-state index in [4.69, 9.17) is 11.6 Å². The fraction of sp³-hybridized carbons (Fsp3) is 0.118. The minimum absolute atomic E-state index is 0.309. The third kappa shape index (κ3) is 2.83. The van der Waals surface area contributed by atoms with Gasteiger partial charge in [0, 0.05) is 4.47 Å². The Morgan fingerprint density at radius 1 is 1.12 bits per heavy atom. The molecule has 1 aliphatic rings. The second-order valence-corrected chi connectivity index (χ2v) is 6.64. The highest BCUT2D eigenvalue weighted by Crippen LogP contribution is 2.28. The molecule has 2 aromatic rings. The number of hydrogen-bond donors (Lipinski definition) is 1. The predicted molar refractivity (Wildman–Crippen MR) is 94.2 cm³/mol. The molecule has 0 fully saturated rings. The van der Waals surface area contributed by atoms with E-state index in [1.54, 1.807) is 42.5 Å². The molecule has 3 rings (SSSR count). The van der Waals surface area contributed by atoms with E-state index in [0.29, 0.717) is 21.8 Å². The summed E-state index contributed by atoms with van der Waals surface area (Å²) in [4.78, 5) is 38.2. The van der Waals surface area contributed by atoms with Gasteiger partial charge in [-0.2, -0.15) is 0 Å². The third-order valence-electron chi connectivity index (χ3n) is 3.78. The Hall–Kier alpha value is -2.18. The minimum atomic E-state index is -0.961. The molecule has 5 nitrogen and oxygen atoms in total. The van der Waals surface area contributed by atoms with Crippen LogP contribution in [-0.4, -0.2) is 28.7 Å². The lowest BCUT2D eigenvalue weighted by Crippen LogP contribution is -2.45. The normalized spacial score (nSPS) is 14.5. The molecule has 0 saturated carbocycles. The molecular weight excluding hydrogens is 396 g/mol. The Morgan fingerprint density at radius 3 is 2.25 bits per heavy atom. The molecule has 0 unspecified atom stereocenters. The number of fused-ring (bicyclic) bond motifs is 1. The van der Waals surface area contributed by atoms with Crippen LogP contribution in [0.2, 0.25) is 5.02 Å². The van der Waals surface area contributed by atoms with Crippen molar-refractivity contribution < 1.29 is 14.4 Å². The number of nitrogens with one attached hydrogen (secondary N) is 1. The molecule has 1 atom stereocenters. The van der Waals surface area contributed by atoms with Crippen LogP contribution in [0.4, 0.5) is 5.69 Å². The van der Waals surface area contributed by atoms with Gasteiger partial charge in [0.25, 0.3) is 11.8 Å². The van der Waals surface area contributed by atoms with Gasteiger partial charge in [0.15, 0.2) is 0 Å². The van der Waals surface area contributed by atoms with Gasteiger partial charge in [0.1, 0.15) is 6.04 Å². The molecule has 1 heterocycles. The van der Waals surface area contributed by atoms with Crippen molar-refractivity contribution in [2.24, 2.45) is 0 Å². The number of hydrogen-bond acceptors (Lipinski definition) is 3.